The van der Waals surface area contributed by atoms with Crippen LogP contribution in [-0.4, -0.2) is 82.5 Å². The first-order valence-corrected chi connectivity index (χ1v) is 9.12. The third kappa shape index (κ3) is 5.65. The fourth-order valence-corrected chi connectivity index (χ4v) is 2.97. The van der Waals surface area contributed by atoms with Gasteiger partial charge in [-0.15, -0.1) is 0 Å². The molecule has 0 aromatic heterocycles. The molecule has 1 aliphatic heterocycles. The fraction of sp³-hybridized carbons (Fsp3) is 0.706. The van der Waals surface area contributed by atoms with Gasteiger partial charge in [0.05, 0.1) is 0 Å². The van der Waals surface area contributed by atoms with E-state index in [1.165, 1.54) is 39.6 Å². The van der Waals surface area contributed by atoms with Crippen LogP contribution in [0.2, 0.25) is 0 Å². The minimum absolute atomic E-state index is 0.283. The maximum absolute atomic E-state index is 12.7. The van der Waals surface area contributed by atoms with Crippen molar-refractivity contribution in [3.8, 4) is 0 Å². The molecular weight excluding hydrogens is 370 g/mol. The zero-order chi connectivity index (χ0) is 21.6. The summed E-state index contributed by atoms with van der Waals surface area (Å²) in [4.78, 5) is 61.3. The van der Waals surface area contributed by atoms with Gasteiger partial charge < -0.3 is 20.9 Å². The van der Waals surface area contributed by atoms with E-state index in [4.69, 9.17) is 0 Å². The monoisotopic (exact) mass is 399 g/mol. The number of hydrogen-bond acceptors (Lipinski definition) is 6. The quantitative estimate of drug-likeness (QED) is 0.298. The van der Waals surface area contributed by atoms with Crippen molar-refractivity contribution in [2.24, 2.45) is 0 Å². The Bertz CT molecular complexity index is 640. The molecule has 1 saturated heterocycles. The minimum atomic E-state index is -1.26. The average Bonchev–Trinajstić information content (AvgIpc) is 3.13. The van der Waals surface area contributed by atoms with Crippen LogP contribution in [0.4, 0.5) is 0 Å². The predicted octanol–water partition coefficient (Wildman–Crippen LogP) is -1.64. The molecule has 4 N–H and O–H groups in total. The van der Waals surface area contributed by atoms with Gasteiger partial charge in [0.15, 0.2) is 0 Å². The van der Waals surface area contributed by atoms with Gasteiger partial charge in [-0.2, -0.15) is 0 Å². The van der Waals surface area contributed by atoms with Crippen molar-refractivity contribution in [2.75, 3.05) is 13.6 Å². The van der Waals surface area contributed by atoms with E-state index in [9.17, 15) is 29.2 Å². The van der Waals surface area contributed by atoms with Crippen molar-refractivity contribution in [3.05, 3.63) is 0 Å². The van der Waals surface area contributed by atoms with Crippen LogP contribution in [0.1, 0.15) is 40.5 Å². The van der Waals surface area contributed by atoms with Crippen LogP contribution < -0.4 is 16.0 Å². The van der Waals surface area contributed by atoms with E-state index >= 15 is 0 Å². The van der Waals surface area contributed by atoms with E-state index < -0.39 is 47.8 Å². The second kappa shape index (κ2) is 10.0. The largest absolute Gasteiger partial charge is 0.357 e. The lowest BCUT2D eigenvalue weighted by Gasteiger charge is -2.31. The molecule has 0 aromatic rings. The van der Waals surface area contributed by atoms with E-state index in [1.54, 1.807) is 0 Å². The van der Waals surface area contributed by atoms with Crippen LogP contribution in [0, 0.1) is 0 Å². The maximum atomic E-state index is 12.7. The van der Waals surface area contributed by atoms with Gasteiger partial charge in [-0.25, -0.2) is 5.06 Å². The van der Waals surface area contributed by atoms with E-state index in [-0.39, 0.29) is 11.0 Å². The minimum Gasteiger partial charge on any atom is -0.357 e. The van der Waals surface area contributed by atoms with E-state index in [0.29, 0.717) is 19.4 Å². The Balaban J connectivity index is 2.79. The van der Waals surface area contributed by atoms with Gasteiger partial charge in [0.2, 0.25) is 23.6 Å². The first-order chi connectivity index (χ1) is 13.0. The number of hydrogen-bond donors (Lipinski definition) is 4. The van der Waals surface area contributed by atoms with Crippen molar-refractivity contribution in [1.82, 2.24) is 25.9 Å². The number of amides is 5. The number of likely N-dealkylation sites (tertiary alicyclic amines) is 1. The highest BCUT2D eigenvalue weighted by Crippen LogP contribution is 2.21. The molecule has 0 radical (unpaired) electrons. The molecule has 0 unspecified atom stereocenters. The summed E-state index contributed by atoms with van der Waals surface area (Å²) in [5, 5.41) is 17.7. The molecule has 158 valence electrons. The molecule has 0 bridgehead atoms. The van der Waals surface area contributed by atoms with Gasteiger partial charge in [-0.3, -0.25) is 29.2 Å². The number of hydroxylamine groups is 2. The number of carbonyl (C=O) groups is 5. The summed E-state index contributed by atoms with van der Waals surface area (Å²) in [5.74, 6) is -2.74. The summed E-state index contributed by atoms with van der Waals surface area (Å²) < 4.78 is 0. The van der Waals surface area contributed by atoms with Gasteiger partial charge in [0, 0.05) is 20.5 Å². The molecule has 11 nitrogen and oxygen atoms in total. The summed E-state index contributed by atoms with van der Waals surface area (Å²) in [7, 11) is 1.42. The number of carbonyl (C=O) groups excluding carboxylic acids is 5. The molecule has 0 saturated carbocycles. The molecule has 4 atom stereocenters. The molecule has 0 aromatic carbocycles. The number of nitrogens with one attached hydrogen (secondary N) is 3. The van der Waals surface area contributed by atoms with Gasteiger partial charge in [0.25, 0.3) is 5.91 Å². The van der Waals surface area contributed by atoms with Crippen LogP contribution in [0.15, 0.2) is 0 Å². The van der Waals surface area contributed by atoms with Crippen LogP contribution in [0.3, 0.4) is 0 Å². The summed E-state index contributed by atoms with van der Waals surface area (Å²) in [6.45, 7) is 5.88. The van der Waals surface area contributed by atoms with Gasteiger partial charge in [-0.05, 0) is 33.6 Å². The molecule has 5 amide bonds. The fourth-order valence-electron chi connectivity index (χ4n) is 2.97. The Labute approximate surface area is 163 Å². The molecule has 11 heteroatoms. The van der Waals surface area contributed by atoms with Gasteiger partial charge >= 0.3 is 0 Å². The number of nitrogens with zero attached hydrogens (tertiary/aromatic N) is 2. The summed E-state index contributed by atoms with van der Waals surface area (Å²) in [5.41, 5.74) is 0. The first-order valence-electron chi connectivity index (χ1n) is 9.12. The standard InChI is InChI=1S/C17H29N5O6/c1-9(14(24)18-5)20-15(25)11(3)22(28)17(27)13-7-6-8-21(13)16(26)10(2)19-12(4)23/h9-11,13,28H,6-8H2,1-5H3,(H,18,24)(H,19,23)(H,20,25)/t9-,10-,11-,13-/m0/s1. The van der Waals surface area contributed by atoms with Crippen LogP contribution >= 0.6 is 0 Å². The second-order valence-corrected chi connectivity index (χ2v) is 6.82. The Morgan fingerprint density at radius 2 is 1.64 bits per heavy atom. The number of likely N-dealkylation sites (N-methyl/N-ethyl adjacent to an activating group) is 1. The first kappa shape index (κ1) is 23.3. The van der Waals surface area contributed by atoms with Crippen molar-refractivity contribution in [3.63, 3.8) is 0 Å². The summed E-state index contributed by atoms with van der Waals surface area (Å²) in [6, 6.07) is -3.84. The molecular formula is C17H29N5O6. The van der Waals surface area contributed by atoms with Crippen molar-refractivity contribution < 1.29 is 29.2 Å². The molecule has 1 aliphatic rings. The molecule has 1 rings (SSSR count). The third-order valence-corrected chi connectivity index (χ3v) is 4.58. The highest BCUT2D eigenvalue weighted by Gasteiger charge is 2.40. The highest BCUT2D eigenvalue weighted by molar-refractivity contribution is 5.94. The topological polar surface area (TPSA) is 148 Å². The Kier molecular flexibility index (Phi) is 8.35. The molecule has 1 heterocycles. The Morgan fingerprint density at radius 1 is 1.04 bits per heavy atom. The van der Waals surface area contributed by atoms with E-state index in [2.05, 4.69) is 16.0 Å². The predicted molar refractivity (Wildman–Crippen MR) is 97.8 cm³/mol. The highest BCUT2D eigenvalue weighted by atomic mass is 16.5. The lowest BCUT2D eigenvalue weighted by atomic mass is 10.1. The van der Waals surface area contributed by atoms with Crippen molar-refractivity contribution in [1.29, 1.82) is 0 Å². The molecule has 28 heavy (non-hydrogen) atoms. The Hall–Kier alpha value is -2.69. The molecule has 0 aliphatic carbocycles. The SMILES string of the molecule is CNC(=O)[C@H](C)NC(=O)[C@H](C)N(O)C(=O)[C@@H]1CCCN1C(=O)[C@H](C)NC(C)=O. The smallest absolute Gasteiger partial charge is 0.269 e. The third-order valence-electron chi connectivity index (χ3n) is 4.58. The normalized spacial score (nSPS) is 19.2. The summed E-state index contributed by atoms with van der Waals surface area (Å²) >= 11 is 0. The lowest BCUT2D eigenvalue weighted by Crippen LogP contribution is -2.56. The average molecular weight is 399 g/mol. The van der Waals surface area contributed by atoms with E-state index in [0.717, 1.165) is 0 Å². The zero-order valence-electron chi connectivity index (χ0n) is 16.8. The van der Waals surface area contributed by atoms with Crippen LogP contribution in [0.5, 0.6) is 0 Å². The Morgan fingerprint density at radius 3 is 2.18 bits per heavy atom. The number of rotatable bonds is 7. The van der Waals surface area contributed by atoms with Crippen LogP contribution in [-0.2, 0) is 24.0 Å². The lowest BCUT2D eigenvalue weighted by molar-refractivity contribution is -0.183. The summed E-state index contributed by atoms with van der Waals surface area (Å²) in [6.07, 6.45) is 0.883. The second-order valence-electron chi connectivity index (χ2n) is 6.82. The molecule has 1 fully saturated rings. The van der Waals surface area contributed by atoms with Crippen molar-refractivity contribution in [2.45, 2.75) is 64.7 Å². The van der Waals surface area contributed by atoms with Gasteiger partial charge in [0.1, 0.15) is 24.2 Å². The van der Waals surface area contributed by atoms with E-state index in [1.807, 2.05) is 0 Å². The molecule has 0 spiro atoms. The van der Waals surface area contributed by atoms with Crippen molar-refractivity contribution >= 4 is 29.5 Å². The van der Waals surface area contributed by atoms with Gasteiger partial charge in [-0.1, -0.05) is 0 Å². The zero-order valence-corrected chi connectivity index (χ0v) is 16.8. The maximum Gasteiger partial charge on any atom is 0.269 e. The van der Waals surface area contributed by atoms with Crippen LogP contribution in [0.25, 0.3) is 0 Å².